The first-order valence-electron chi connectivity index (χ1n) is 10.1. The Hall–Kier alpha value is -2.81. The summed E-state index contributed by atoms with van der Waals surface area (Å²) in [5.74, 6) is -0.703. The highest BCUT2D eigenvalue weighted by molar-refractivity contribution is 5.90. The van der Waals surface area contributed by atoms with E-state index in [0.717, 1.165) is 57.2 Å². The van der Waals surface area contributed by atoms with Gasteiger partial charge in [0.1, 0.15) is 22.7 Å². The zero-order valence-corrected chi connectivity index (χ0v) is 16.9. The predicted molar refractivity (Wildman–Crippen MR) is 108 cm³/mol. The van der Waals surface area contributed by atoms with Crippen LogP contribution in [0.5, 0.6) is 0 Å². The van der Waals surface area contributed by atoms with Crippen molar-refractivity contribution in [2.45, 2.75) is 32.3 Å². The lowest BCUT2D eigenvalue weighted by Crippen LogP contribution is -2.43. The fraction of sp³-hybridized carbons (Fsp3) is 0.476. The van der Waals surface area contributed by atoms with E-state index in [1.165, 1.54) is 4.57 Å². The predicted octanol–water partition coefficient (Wildman–Crippen LogP) is 3.00. The summed E-state index contributed by atoms with van der Waals surface area (Å²) in [7, 11) is 1.65. The summed E-state index contributed by atoms with van der Waals surface area (Å²) in [5, 5.41) is 6.95. The zero-order valence-electron chi connectivity index (χ0n) is 16.9. The summed E-state index contributed by atoms with van der Waals surface area (Å²) in [5.41, 5.74) is 0.138. The van der Waals surface area contributed by atoms with Crippen molar-refractivity contribution >= 4 is 17.0 Å². The number of rotatable bonds is 2. The third-order valence-electron chi connectivity index (χ3n) is 6.46. The van der Waals surface area contributed by atoms with Crippen molar-refractivity contribution in [2.75, 3.05) is 24.6 Å². The maximum absolute atomic E-state index is 14.3. The van der Waals surface area contributed by atoms with E-state index in [1.807, 2.05) is 0 Å². The largest absolute Gasteiger partial charge is 0.378 e. The van der Waals surface area contributed by atoms with Gasteiger partial charge in [0.15, 0.2) is 5.65 Å². The molecule has 0 aliphatic carbocycles. The van der Waals surface area contributed by atoms with Gasteiger partial charge in [-0.1, -0.05) is 0 Å². The van der Waals surface area contributed by atoms with Gasteiger partial charge in [-0.3, -0.25) is 14.5 Å². The summed E-state index contributed by atoms with van der Waals surface area (Å²) in [4.78, 5) is 19.8. The second-order valence-corrected chi connectivity index (χ2v) is 8.51. The lowest BCUT2D eigenvalue weighted by atomic mass is 9.77. The molecule has 4 heterocycles. The standard InChI is InChI=1S/C21H23F2N5O2/c1-12-10-21(11-30-12)5-7-28(8-6-21)20-24-18-16(19(29)27(20)2)17(25-26-18)14-9-13(22)3-4-15(14)23/h3-4,9,12H,5-8,10-11H2,1-2H3,(H,25,26)/t12-/m0/s1. The van der Waals surface area contributed by atoms with Gasteiger partial charge < -0.3 is 9.64 Å². The van der Waals surface area contributed by atoms with Gasteiger partial charge in [-0.05, 0) is 49.8 Å². The molecule has 2 saturated heterocycles. The van der Waals surface area contributed by atoms with Crippen LogP contribution < -0.4 is 10.5 Å². The first-order chi connectivity index (χ1) is 14.4. The van der Waals surface area contributed by atoms with Crippen LogP contribution in [0.2, 0.25) is 0 Å². The lowest BCUT2D eigenvalue weighted by Gasteiger charge is -2.39. The van der Waals surface area contributed by atoms with E-state index in [2.05, 4.69) is 27.0 Å². The smallest absolute Gasteiger partial charge is 0.266 e. The lowest BCUT2D eigenvalue weighted by molar-refractivity contribution is 0.0974. The number of benzene rings is 1. The number of aromatic nitrogens is 4. The molecule has 2 aliphatic rings. The molecule has 1 N–H and O–H groups in total. The number of fused-ring (bicyclic) bond motifs is 1. The number of hydrogen-bond donors (Lipinski definition) is 1. The zero-order chi connectivity index (χ0) is 21.0. The van der Waals surface area contributed by atoms with Crippen LogP contribution in [0.25, 0.3) is 22.3 Å². The normalized spacial score (nSPS) is 21.1. The Kier molecular flexibility index (Phi) is 4.39. The number of H-pyrrole nitrogens is 1. The molecular formula is C21H23F2N5O2. The van der Waals surface area contributed by atoms with Gasteiger partial charge in [0.2, 0.25) is 5.95 Å². The van der Waals surface area contributed by atoms with Crippen LogP contribution in [0.1, 0.15) is 26.2 Å². The quantitative estimate of drug-likeness (QED) is 0.696. The molecule has 0 saturated carbocycles. The average Bonchev–Trinajstić information content (AvgIpc) is 3.31. The maximum atomic E-state index is 14.3. The highest BCUT2D eigenvalue weighted by Crippen LogP contribution is 2.42. The van der Waals surface area contributed by atoms with Gasteiger partial charge in [0, 0.05) is 25.7 Å². The van der Waals surface area contributed by atoms with E-state index in [1.54, 1.807) is 7.05 Å². The number of anilines is 1. The Bertz CT molecular complexity index is 1180. The summed E-state index contributed by atoms with van der Waals surface area (Å²) in [6.07, 6.45) is 3.32. The van der Waals surface area contributed by atoms with Gasteiger partial charge in [0.25, 0.3) is 5.56 Å². The number of aromatic amines is 1. The van der Waals surface area contributed by atoms with E-state index in [0.29, 0.717) is 12.1 Å². The SMILES string of the molecule is C[C@H]1CC2(CCN(c3nc4[nH]nc(-c5cc(F)ccc5F)c4c(=O)n3C)CC2)CO1. The molecular weight excluding hydrogens is 392 g/mol. The van der Waals surface area contributed by atoms with E-state index in [-0.39, 0.29) is 33.3 Å². The molecule has 0 amide bonds. The minimum atomic E-state index is -0.648. The fourth-order valence-electron chi connectivity index (χ4n) is 4.78. The van der Waals surface area contributed by atoms with Crippen LogP contribution >= 0.6 is 0 Å². The molecule has 1 aromatic carbocycles. The van der Waals surface area contributed by atoms with Crippen molar-refractivity contribution in [3.8, 4) is 11.3 Å². The molecule has 30 heavy (non-hydrogen) atoms. The second kappa shape index (κ2) is 6.87. The van der Waals surface area contributed by atoms with Crippen LogP contribution in [0.3, 0.4) is 0 Å². The number of piperidine rings is 1. The monoisotopic (exact) mass is 415 g/mol. The van der Waals surface area contributed by atoms with Crippen molar-refractivity contribution in [3.05, 3.63) is 40.2 Å². The molecule has 9 heteroatoms. The van der Waals surface area contributed by atoms with Gasteiger partial charge in [0.05, 0.1) is 12.7 Å². The third kappa shape index (κ3) is 2.99. The molecule has 0 bridgehead atoms. The van der Waals surface area contributed by atoms with Crippen LogP contribution in [-0.2, 0) is 11.8 Å². The summed E-state index contributed by atoms with van der Waals surface area (Å²) >= 11 is 0. The Balaban J connectivity index is 1.51. The summed E-state index contributed by atoms with van der Waals surface area (Å²) in [6.45, 7) is 4.46. The van der Waals surface area contributed by atoms with Crippen molar-refractivity contribution in [1.29, 1.82) is 0 Å². The molecule has 0 unspecified atom stereocenters. The average molecular weight is 415 g/mol. The highest BCUT2D eigenvalue weighted by atomic mass is 19.1. The van der Waals surface area contributed by atoms with Crippen molar-refractivity contribution in [3.63, 3.8) is 0 Å². The first-order valence-corrected chi connectivity index (χ1v) is 10.1. The summed E-state index contributed by atoms with van der Waals surface area (Å²) < 4.78 is 35.2. The van der Waals surface area contributed by atoms with Crippen molar-refractivity contribution in [2.24, 2.45) is 12.5 Å². The molecule has 3 aromatic rings. The van der Waals surface area contributed by atoms with Gasteiger partial charge in [-0.25, -0.2) is 8.78 Å². The summed E-state index contributed by atoms with van der Waals surface area (Å²) in [6, 6.07) is 3.09. The minimum absolute atomic E-state index is 0.0661. The first kappa shape index (κ1) is 19.2. The number of nitrogens with one attached hydrogen (secondary N) is 1. The Morgan fingerprint density at radius 3 is 2.73 bits per heavy atom. The third-order valence-corrected chi connectivity index (χ3v) is 6.46. The minimum Gasteiger partial charge on any atom is -0.378 e. The highest BCUT2D eigenvalue weighted by Gasteiger charge is 2.41. The van der Waals surface area contributed by atoms with Crippen molar-refractivity contribution < 1.29 is 13.5 Å². The Morgan fingerprint density at radius 1 is 1.27 bits per heavy atom. The van der Waals surface area contributed by atoms with Crippen LogP contribution in [0.15, 0.2) is 23.0 Å². The number of halogens is 2. The van der Waals surface area contributed by atoms with Gasteiger partial charge in [-0.2, -0.15) is 10.1 Å². The molecule has 1 atom stereocenters. The fourth-order valence-corrected chi connectivity index (χ4v) is 4.78. The van der Waals surface area contributed by atoms with E-state index in [9.17, 15) is 13.6 Å². The van der Waals surface area contributed by atoms with Crippen molar-refractivity contribution in [1.82, 2.24) is 19.7 Å². The van der Waals surface area contributed by atoms with Crippen LogP contribution in [0.4, 0.5) is 14.7 Å². The van der Waals surface area contributed by atoms with Crippen LogP contribution in [0, 0.1) is 17.0 Å². The molecule has 0 radical (unpaired) electrons. The second-order valence-electron chi connectivity index (χ2n) is 8.51. The Labute approximate surface area is 171 Å². The molecule has 158 valence electrons. The molecule has 1 spiro atoms. The van der Waals surface area contributed by atoms with E-state index in [4.69, 9.17) is 4.74 Å². The molecule has 2 aromatic heterocycles. The molecule has 2 fully saturated rings. The Morgan fingerprint density at radius 2 is 2.03 bits per heavy atom. The molecule has 7 nitrogen and oxygen atoms in total. The topological polar surface area (TPSA) is 76.0 Å². The van der Waals surface area contributed by atoms with Crippen LogP contribution in [-0.4, -0.2) is 45.5 Å². The van der Waals surface area contributed by atoms with E-state index < -0.39 is 11.6 Å². The number of nitrogens with zero attached hydrogens (tertiary/aromatic N) is 4. The maximum Gasteiger partial charge on any atom is 0.266 e. The number of ether oxygens (including phenoxy) is 1. The molecule has 5 rings (SSSR count). The number of hydrogen-bond acceptors (Lipinski definition) is 5. The van der Waals surface area contributed by atoms with E-state index >= 15 is 0 Å². The van der Waals surface area contributed by atoms with Gasteiger partial charge >= 0.3 is 0 Å². The molecule has 2 aliphatic heterocycles. The van der Waals surface area contributed by atoms with Gasteiger partial charge in [-0.15, -0.1) is 0 Å².